The summed E-state index contributed by atoms with van der Waals surface area (Å²) in [7, 11) is 0. The summed E-state index contributed by atoms with van der Waals surface area (Å²) < 4.78 is 5.35. The van der Waals surface area contributed by atoms with Crippen molar-refractivity contribution in [3.8, 4) is 0 Å². The van der Waals surface area contributed by atoms with Crippen LogP contribution >= 0.6 is 11.6 Å². The molecule has 3 rings (SSSR count). The number of benzene rings is 1. The lowest BCUT2D eigenvalue weighted by molar-refractivity contribution is -0.124. The van der Waals surface area contributed by atoms with Crippen molar-refractivity contribution in [2.24, 2.45) is 0 Å². The molecule has 1 atom stereocenters. The first kappa shape index (κ1) is 15.8. The predicted octanol–water partition coefficient (Wildman–Crippen LogP) is 3.90. The average molecular weight is 332 g/mol. The fraction of sp³-hybridized carbons (Fsp3) is 0.294. The van der Waals surface area contributed by atoms with E-state index in [1.165, 1.54) is 0 Å². The molecule has 1 aliphatic rings. The van der Waals surface area contributed by atoms with Gasteiger partial charge in [-0.05, 0) is 55.7 Å². The Kier molecular flexibility index (Phi) is 4.79. The molecule has 2 heterocycles. The maximum Gasteiger partial charge on any atom is 0.254 e. The van der Waals surface area contributed by atoms with Gasteiger partial charge in [0.25, 0.3) is 5.91 Å². The van der Waals surface area contributed by atoms with E-state index in [2.05, 4.69) is 15.6 Å². The van der Waals surface area contributed by atoms with Gasteiger partial charge in [-0.1, -0.05) is 11.6 Å². The number of aryl methyl sites for hydroxylation is 1. The maximum absolute atomic E-state index is 12.0. The second kappa shape index (κ2) is 6.98. The zero-order valence-electron chi connectivity index (χ0n) is 12.8. The van der Waals surface area contributed by atoms with Crippen LogP contribution in [0.4, 0.5) is 17.2 Å². The highest BCUT2D eigenvalue weighted by atomic mass is 35.5. The molecule has 6 heteroatoms. The van der Waals surface area contributed by atoms with E-state index in [4.69, 9.17) is 16.3 Å². The molecule has 1 saturated heterocycles. The topological polar surface area (TPSA) is 63.2 Å². The molecule has 2 aromatic rings. The van der Waals surface area contributed by atoms with Crippen LogP contribution in [0.5, 0.6) is 0 Å². The van der Waals surface area contributed by atoms with Crippen LogP contribution in [0.25, 0.3) is 0 Å². The van der Waals surface area contributed by atoms with Crippen molar-refractivity contribution in [3.63, 3.8) is 0 Å². The van der Waals surface area contributed by atoms with Gasteiger partial charge in [0.1, 0.15) is 11.9 Å². The lowest BCUT2D eigenvalue weighted by Gasteiger charge is -2.12. The van der Waals surface area contributed by atoms with E-state index in [0.717, 1.165) is 29.8 Å². The number of halogens is 1. The van der Waals surface area contributed by atoms with Crippen molar-refractivity contribution >= 4 is 34.7 Å². The Hall–Kier alpha value is -2.11. The smallest absolute Gasteiger partial charge is 0.254 e. The number of ether oxygens (including phenoxy) is 1. The van der Waals surface area contributed by atoms with Gasteiger partial charge in [0, 0.05) is 17.3 Å². The lowest BCUT2D eigenvalue weighted by atomic mass is 10.2. The molecule has 1 unspecified atom stereocenters. The largest absolute Gasteiger partial charge is 0.368 e. The molecule has 0 aliphatic carbocycles. The Morgan fingerprint density at radius 2 is 2.22 bits per heavy atom. The fourth-order valence-electron chi connectivity index (χ4n) is 2.46. The highest BCUT2D eigenvalue weighted by Gasteiger charge is 2.23. The number of anilines is 3. The van der Waals surface area contributed by atoms with Gasteiger partial charge in [0.05, 0.1) is 11.9 Å². The summed E-state index contributed by atoms with van der Waals surface area (Å²) in [4.78, 5) is 16.2. The van der Waals surface area contributed by atoms with Crippen LogP contribution in [0, 0.1) is 6.92 Å². The van der Waals surface area contributed by atoms with Crippen LogP contribution < -0.4 is 10.6 Å². The van der Waals surface area contributed by atoms with Crippen LogP contribution in [-0.4, -0.2) is 23.6 Å². The van der Waals surface area contributed by atoms with Gasteiger partial charge >= 0.3 is 0 Å². The average Bonchev–Trinajstić information content (AvgIpc) is 3.06. The summed E-state index contributed by atoms with van der Waals surface area (Å²) in [5, 5.41) is 6.76. The van der Waals surface area contributed by atoms with Crippen molar-refractivity contribution in [2.45, 2.75) is 25.9 Å². The number of pyridine rings is 1. The van der Waals surface area contributed by atoms with Crippen LogP contribution in [0.2, 0.25) is 5.02 Å². The molecule has 2 N–H and O–H groups in total. The van der Waals surface area contributed by atoms with Gasteiger partial charge in [0.15, 0.2) is 0 Å². The first-order valence-electron chi connectivity index (χ1n) is 7.53. The number of aromatic nitrogens is 1. The third-order valence-electron chi connectivity index (χ3n) is 3.70. The second-order valence-corrected chi connectivity index (χ2v) is 5.94. The number of carbonyl (C=O) groups is 1. The van der Waals surface area contributed by atoms with E-state index in [9.17, 15) is 4.79 Å². The molecule has 1 aromatic carbocycles. The number of rotatable bonds is 4. The Balaban J connectivity index is 1.63. The van der Waals surface area contributed by atoms with Gasteiger partial charge in [-0.25, -0.2) is 4.98 Å². The number of carbonyl (C=O) groups excluding carboxylic acids is 1. The quantitative estimate of drug-likeness (QED) is 0.891. The highest BCUT2D eigenvalue weighted by molar-refractivity contribution is 6.30. The van der Waals surface area contributed by atoms with Crippen molar-refractivity contribution in [1.82, 2.24) is 4.98 Å². The molecular weight excluding hydrogens is 314 g/mol. The summed E-state index contributed by atoms with van der Waals surface area (Å²) >= 11 is 5.95. The summed E-state index contributed by atoms with van der Waals surface area (Å²) in [5.41, 5.74) is 2.85. The standard InChI is InChI=1S/C17H18ClN3O2/c1-11-9-12(18)4-6-14(11)20-13-5-7-16(19-10-13)21-17(22)15-3-2-8-23-15/h4-7,9-10,15,20H,2-3,8H2,1H3,(H,19,21,22). The molecule has 23 heavy (non-hydrogen) atoms. The molecule has 120 valence electrons. The first-order chi connectivity index (χ1) is 11.1. The van der Waals surface area contributed by atoms with Gasteiger partial charge in [-0.15, -0.1) is 0 Å². The van der Waals surface area contributed by atoms with E-state index >= 15 is 0 Å². The zero-order chi connectivity index (χ0) is 16.2. The van der Waals surface area contributed by atoms with Crippen LogP contribution in [0.15, 0.2) is 36.5 Å². The fourth-order valence-corrected chi connectivity index (χ4v) is 2.68. The molecule has 0 saturated carbocycles. The van der Waals surface area contributed by atoms with Crippen LogP contribution in [0.1, 0.15) is 18.4 Å². The second-order valence-electron chi connectivity index (χ2n) is 5.51. The van der Waals surface area contributed by atoms with E-state index in [0.29, 0.717) is 17.4 Å². The van der Waals surface area contributed by atoms with E-state index < -0.39 is 0 Å². The van der Waals surface area contributed by atoms with Crippen LogP contribution in [-0.2, 0) is 9.53 Å². The van der Waals surface area contributed by atoms with Gasteiger partial charge in [0.2, 0.25) is 0 Å². The van der Waals surface area contributed by atoms with Gasteiger partial charge in [-0.2, -0.15) is 0 Å². The minimum atomic E-state index is -0.355. The zero-order valence-corrected chi connectivity index (χ0v) is 13.6. The Bertz CT molecular complexity index is 697. The number of amides is 1. The lowest BCUT2D eigenvalue weighted by Crippen LogP contribution is -2.27. The van der Waals surface area contributed by atoms with Crippen LogP contribution in [0.3, 0.4) is 0 Å². The summed E-state index contributed by atoms with van der Waals surface area (Å²) in [6, 6.07) is 9.28. The summed E-state index contributed by atoms with van der Waals surface area (Å²) in [6.45, 7) is 2.63. The third-order valence-corrected chi connectivity index (χ3v) is 3.94. The predicted molar refractivity (Wildman–Crippen MR) is 91.3 cm³/mol. The Labute approximate surface area is 140 Å². The van der Waals surface area contributed by atoms with Crippen molar-refractivity contribution in [3.05, 3.63) is 47.1 Å². The molecular formula is C17H18ClN3O2. The molecule has 5 nitrogen and oxygen atoms in total. The molecule has 1 fully saturated rings. The van der Waals surface area contributed by atoms with E-state index in [-0.39, 0.29) is 12.0 Å². The van der Waals surface area contributed by atoms with E-state index in [1.807, 2.05) is 31.2 Å². The third kappa shape index (κ3) is 4.00. The van der Waals surface area contributed by atoms with Gasteiger partial charge in [-0.3, -0.25) is 4.79 Å². The number of hydrogen-bond donors (Lipinski definition) is 2. The molecule has 0 bridgehead atoms. The number of nitrogens with zero attached hydrogens (tertiary/aromatic N) is 1. The minimum absolute atomic E-state index is 0.135. The first-order valence-corrected chi connectivity index (χ1v) is 7.91. The normalized spacial score (nSPS) is 17.0. The molecule has 0 spiro atoms. The molecule has 1 amide bonds. The molecule has 1 aliphatic heterocycles. The van der Waals surface area contributed by atoms with Crippen molar-refractivity contribution < 1.29 is 9.53 Å². The summed E-state index contributed by atoms with van der Waals surface area (Å²) in [6.07, 6.45) is 3.02. The van der Waals surface area contributed by atoms with Crippen molar-refractivity contribution in [2.75, 3.05) is 17.2 Å². The minimum Gasteiger partial charge on any atom is -0.368 e. The van der Waals surface area contributed by atoms with Crippen molar-refractivity contribution in [1.29, 1.82) is 0 Å². The Morgan fingerprint density at radius 1 is 1.35 bits per heavy atom. The number of nitrogens with one attached hydrogen (secondary N) is 2. The highest BCUT2D eigenvalue weighted by Crippen LogP contribution is 2.23. The number of hydrogen-bond acceptors (Lipinski definition) is 4. The summed E-state index contributed by atoms with van der Waals surface area (Å²) in [5.74, 6) is 0.383. The molecule has 1 aromatic heterocycles. The van der Waals surface area contributed by atoms with Gasteiger partial charge < -0.3 is 15.4 Å². The molecule has 0 radical (unpaired) electrons. The Morgan fingerprint density at radius 3 is 2.87 bits per heavy atom. The maximum atomic E-state index is 12.0. The monoisotopic (exact) mass is 331 g/mol. The SMILES string of the molecule is Cc1cc(Cl)ccc1Nc1ccc(NC(=O)C2CCCO2)nc1. The van der Waals surface area contributed by atoms with E-state index in [1.54, 1.807) is 12.3 Å².